The van der Waals surface area contributed by atoms with E-state index in [9.17, 15) is 0 Å². The monoisotopic (exact) mass is 318 g/mol. The lowest BCUT2D eigenvalue weighted by Crippen LogP contribution is -2.34. The predicted octanol–water partition coefficient (Wildman–Crippen LogP) is 4.59. The Hall–Kier alpha value is -1.30. The van der Waals surface area contributed by atoms with Gasteiger partial charge in [0.05, 0.1) is 12.4 Å². The highest BCUT2D eigenvalue weighted by atomic mass is 32.2. The third kappa shape index (κ3) is 3.31. The Morgan fingerprint density at radius 3 is 2.90 bits per heavy atom. The van der Waals surface area contributed by atoms with Gasteiger partial charge < -0.3 is 9.64 Å². The predicted molar refractivity (Wildman–Crippen MR) is 91.6 cm³/mol. The molecule has 0 atom stereocenters. The van der Waals surface area contributed by atoms with Crippen LogP contribution in [0.25, 0.3) is 0 Å². The molecule has 0 spiro atoms. The number of anilines is 1. The van der Waals surface area contributed by atoms with Gasteiger partial charge in [-0.05, 0) is 61.5 Å². The second-order valence-electron chi connectivity index (χ2n) is 4.67. The van der Waals surface area contributed by atoms with E-state index in [-0.39, 0.29) is 0 Å². The van der Waals surface area contributed by atoms with E-state index in [4.69, 9.17) is 4.74 Å². The van der Waals surface area contributed by atoms with Crippen molar-refractivity contribution in [1.29, 1.82) is 0 Å². The molecule has 0 unspecified atom stereocenters. The lowest BCUT2D eigenvalue weighted by atomic mass is 10.2. The normalized spacial score (nSPS) is 13.9. The summed E-state index contributed by atoms with van der Waals surface area (Å²) in [7, 11) is 0. The van der Waals surface area contributed by atoms with E-state index in [1.165, 1.54) is 15.5 Å². The molecule has 2 aromatic rings. The van der Waals surface area contributed by atoms with Crippen LogP contribution in [-0.2, 0) is 0 Å². The third-order valence-corrected chi connectivity index (χ3v) is 4.91. The van der Waals surface area contributed by atoms with Gasteiger partial charge in [-0.2, -0.15) is 0 Å². The van der Waals surface area contributed by atoms with Gasteiger partial charge in [-0.15, -0.1) is 11.8 Å². The minimum Gasteiger partial charge on any atom is -0.457 e. The van der Waals surface area contributed by atoms with E-state index in [0.29, 0.717) is 0 Å². The highest BCUT2D eigenvalue weighted by molar-refractivity contribution is 7.98. The Bertz CT molecular complexity index is 633. The van der Waals surface area contributed by atoms with Gasteiger partial charge in [-0.1, -0.05) is 6.07 Å². The number of fused-ring (bicyclic) bond motifs is 1. The van der Waals surface area contributed by atoms with Crippen LogP contribution in [0, 0.1) is 0 Å². The van der Waals surface area contributed by atoms with Gasteiger partial charge in [0, 0.05) is 16.3 Å². The third-order valence-electron chi connectivity index (χ3n) is 3.37. The van der Waals surface area contributed by atoms with Crippen molar-refractivity contribution < 1.29 is 4.74 Å². The van der Waals surface area contributed by atoms with Crippen LogP contribution >= 0.6 is 23.7 Å². The van der Waals surface area contributed by atoms with Crippen LogP contribution in [0.4, 0.5) is 5.69 Å². The van der Waals surface area contributed by atoms with Gasteiger partial charge in [0.2, 0.25) is 0 Å². The highest BCUT2D eigenvalue weighted by Crippen LogP contribution is 2.36. The standard InChI is InChI=1S/C16H18N2OS2/c1-3-18-11-17-21-16-10-13(7-8-15(16)18)19-12-5-4-6-14(9-12)20-2/h4-10,17H,3,11H2,1-2H3. The number of rotatable bonds is 4. The minimum absolute atomic E-state index is 0.874. The van der Waals surface area contributed by atoms with E-state index in [1.54, 1.807) is 23.7 Å². The van der Waals surface area contributed by atoms with Crippen molar-refractivity contribution in [3.8, 4) is 11.5 Å². The van der Waals surface area contributed by atoms with Crippen molar-refractivity contribution in [1.82, 2.24) is 4.72 Å². The van der Waals surface area contributed by atoms with Crippen LogP contribution in [-0.4, -0.2) is 19.5 Å². The number of benzene rings is 2. The minimum atomic E-state index is 0.874. The van der Waals surface area contributed by atoms with Crippen molar-refractivity contribution in [3.63, 3.8) is 0 Å². The summed E-state index contributed by atoms with van der Waals surface area (Å²) in [5.41, 5.74) is 1.27. The zero-order chi connectivity index (χ0) is 14.7. The first-order chi connectivity index (χ1) is 10.3. The topological polar surface area (TPSA) is 24.5 Å². The number of hydrogen-bond donors (Lipinski definition) is 1. The smallest absolute Gasteiger partial charge is 0.128 e. The molecular weight excluding hydrogens is 300 g/mol. The molecule has 0 aliphatic carbocycles. The summed E-state index contributed by atoms with van der Waals surface area (Å²) < 4.78 is 9.32. The average Bonchev–Trinajstić information content (AvgIpc) is 2.54. The van der Waals surface area contributed by atoms with Crippen molar-refractivity contribution in [3.05, 3.63) is 42.5 Å². The zero-order valence-corrected chi connectivity index (χ0v) is 13.8. The van der Waals surface area contributed by atoms with Crippen LogP contribution in [0.5, 0.6) is 11.5 Å². The second kappa shape index (κ2) is 6.64. The highest BCUT2D eigenvalue weighted by Gasteiger charge is 2.16. The van der Waals surface area contributed by atoms with Gasteiger partial charge in [0.25, 0.3) is 0 Å². The first-order valence-corrected chi connectivity index (χ1v) is 8.95. The van der Waals surface area contributed by atoms with Crippen LogP contribution in [0.15, 0.2) is 52.3 Å². The summed E-state index contributed by atoms with van der Waals surface area (Å²) in [6.07, 6.45) is 2.07. The van der Waals surface area contributed by atoms with Crippen LogP contribution < -0.4 is 14.4 Å². The molecule has 1 aliphatic rings. The van der Waals surface area contributed by atoms with E-state index < -0.39 is 0 Å². The summed E-state index contributed by atoms with van der Waals surface area (Å²) in [6.45, 7) is 4.04. The Labute approximate surface area is 134 Å². The molecule has 3 nitrogen and oxygen atoms in total. The summed E-state index contributed by atoms with van der Waals surface area (Å²) in [5, 5.41) is 0. The maximum atomic E-state index is 5.98. The Morgan fingerprint density at radius 2 is 2.10 bits per heavy atom. The van der Waals surface area contributed by atoms with Gasteiger partial charge in [-0.3, -0.25) is 0 Å². The molecule has 0 fully saturated rings. The molecule has 21 heavy (non-hydrogen) atoms. The van der Waals surface area contributed by atoms with E-state index in [2.05, 4.69) is 47.1 Å². The molecule has 5 heteroatoms. The first kappa shape index (κ1) is 14.6. The molecule has 0 saturated heterocycles. The molecule has 0 aromatic heterocycles. The molecule has 0 saturated carbocycles. The van der Waals surface area contributed by atoms with Crippen molar-refractivity contribution in [2.45, 2.75) is 16.7 Å². The van der Waals surface area contributed by atoms with Gasteiger partial charge >= 0.3 is 0 Å². The first-order valence-electron chi connectivity index (χ1n) is 6.90. The van der Waals surface area contributed by atoms with Gasteiger partial charge in [0.15, 0.2) is 0 Å². The molecular formula is C16H18N2OS2. The molecule has 3 rings (SSSR count). The number of thioether (sulfide) groups is 1. The fourth-order valence-electron chi connectivity index (χ4n) is 2.26. The summed E-state index contributed by atoms with van der Waals surface area (Å²) in [4.78, 5) is 4.73. The fraction of sp³-hybridized carbons (Fsp3) is 0.250. The lowest BCUT2D eigenvalue weighted by molar-refractivity contribution is 0.480. The van der Waals surface area contributed by atoms with E-state index >= 15 is 0 Å². The summed E-state index contributed by atoms with van der Waals surface area (Å²) in [5.74, 6) is 1.75. The molecule has 110 valence electrons. The van der Waals surface area contributed by atoms with Crippen molar-refractivity contribution in [2.75, 3.05) is 24.4 Å². The van der Waals surface area contributed by atoms with Crippen LogP contribution in [0.3, 0.4) is 0 Å². The molecule has 0 bridgehead atoms. The summed E-state index contributed by atoms with van der Waals surface area (Å²) >= 11 is 3.38. The number of ether oxygens (including phenoxy) is 1. The SMILES string of the molecule is CCN1CNSc2cc(Oc3cccc(SC)c3)ccc21. The summed E-state index contributed by atoms with van der Waals surface area (Å²) in [6, 6.07) is 14.4. The van der Waals surface area contributed by atoms with E-state index in [0.717, 1.165) is 24.7 Å². The van der Waals surface area contributed by atoms with Gasteiger partial charge in [-0.25, -0.2) is 4.72 Å². The van der Waals surface area contributed by atoms with E-state index in [1.807, 2.05) is 18.2 Å². The molecule has 0 amide bonds. The van der Waals surface area contributed by atoms with Crippen molar-refractivity contribution in [2.24, 2.45) is 0 Å². The maximum Gasteiger partial charge on any atom is 0.128 e. The molecule has 2 aromatic carbocycles. The fourth-order valence-corrected chi connectivity index (χ4v) is 3.56. The molecule has 1 heterocycles. The van der Waals surface area contributed by atoms with Crippen molar-refractivity contribution >= 4 is 29.4 Å². The molecule has 0 radical (unpaired) electrons. The second-order valence-corrected chi connectivity index (χ2v) is 6.48. The largest absolute Gasteiger partial charge is 0.457 e. The zero-order valence-electron chi connectivity index (χ0n) is 12.1. The van der Waals surface area contributed by atoms with Crippen LogP contribution in [0.1, 0.15) is 6.92 Å². The number of hydrogen-bond acceptors (Lipinski definition) is 5. The lowest BCUT2D eigenvalue weighted by Gasteiger charge is -2.30. The molecule has 1 aliphatic heterocycles. The van der Waals surface area contributed by atoms with Gasteiger partial charge in [0.1, 0.15) is 11.5 Å². The Morgan fingerprint density at radius 1 is 1.24 bits per heavy atom. The quantitative estimate of drug-likeness (QED) is 0.656. The average molecular weight is 318 g/mol. The number of nitrogens with zero attached hydrogens (tertiary/aromatic N) is 1. The Kier molecular flexibility index (Phi) is 4.63. The van der Waals surface area contributed by atoms with Crippen LogP contribution in [0.2, 0.25) is 0 Å². The number of nitrogens with one attached hydrogen (secondary N) is 1. The molecule has 1 N–H and O–H groups in total. The Balaban J connectivity index is 1.83. The maximum absolute atomic E-state index is 5.98.